The molecule has 2 aromatic heterocycles. The zero-order valence-electron chi connectivity index (χ0n) is 22.0. The van der Waals surface area contributed by atoms with Crippen LogP contribution in [-0.2, 0) is 14.4 Å². The molecule has 4 atom stereocenters. The van der Waals surface area contributed by atoms with E-state index in [9.17, 15) is 14.7 Å². The van der Waals surface area contributed by atoms with Gasteiger partial charge in [0.1, 0.15) is 16.6 Å². The molecule has 0 aliphatic carbocycles. The van der Waals surface area contributed by atoms with E-state index in [0.717, 1.165) is 29.1 Å². The van der Waals surface area contributed by atoms with E-state index in [1.54, 1.807) is 23.4 Å². The Kier molecular flexibility index (Phi) is 7.99. The fraction of sp³-hybridized carbons (Fsp3) is 0.357. The lowest BCUT2D eigenvalue weighted by Gasteiger charge is -2.27. The molecule has 0 bridgehead atoms. The second kappa shape index (κ2) is 11.7. The molecule has 2 fully saturated rings. The number of hydroxylamine groups is 2. The van der Waals surface area contributed by atoms with Gasteiger partial charge in [-0.2, -0.15) is 10.0 Å². The minimum Gasteiger partial charge on any atom is -0.480 e. The van der Waals surface area contributed by atoms with E-state index in [1.807, 2.05) is 24.3 Å². The first kappa shape index (κ1) is 28.1. The summed E-state index contributed by atoms with van der Waals surface area (Å²) in [5.74, 6) is -1.21. The van der Waals surface area contributed by atoms with Crippen molar-refractivity contribution in [2.75, 3.05) is 18.4 Å². The number of halogens is 2. The smallest absolute Gasteiger partial charge is 0.321 e. The molecule has 4 heterocycles. The summed E-state index contributed by atoms with van der Waals surface area (Å²) in [6.45, 7) is 2.71. The second-order valence-electron chi connectivity index (χ2n) is 10.1. The maximum atomic E-state index is 12.8. The number of hydrogen-bond donors (Lipinski definition) is 3. The van der Waals surface area contributed by atoms with E-state index < -0.39 is 18.1 Å². The van der Waals surface area contributed by atoms with Crippen molar-refractivity contribution in [1.29, 1.82) is 0 Å². The van der Waals surface area contributed by atoms with Crippen LogP contribution in [0.5, 0.6) is 0 Å². The quantitative estimate of drug-likeness (QED) is 0.198. The van der Waals surface area contributed by atoms with E-state index in [2.05, 4.69) is 20.6 Å². The molecule has 4 aromatic rings. The highest BCUT2D eigenvalue weighted by atomic mass is 35.5. The number of aromatic nitrogens is 2. The zero-order valence-corrected chi connectivity index (χ0v) is 24.3. The van der Waals surface area contributed by atoms with Crippen molar-refractivity contribution in [3.63, 3.8) is 0 Å². The molecular formula is C28H27Cl2N5O5S. The number of carbonyl (C=O) groups excluding carboxylic acids is 1. The molecule has 3 N–H and O–H groups in total. The van der Waals surface area contributed by atoms with Crippen LogP contribution in [0.1, 0.15) is 59.7 Å². The lowest BCUT2D eigenvalue weighted by molar-refractivity contribution is -0.209. The Balaban J connectivity index is 1.20. The normalized spacial score (nSPS) is 21.9. The van der Waals surface area contributed by atoms with Gasteiger partial charge in [0.05, 0.1) is 16.8 Å². The average Bonchev–Trinajstić information content (AvgIpc) is 3.74. The summed E-state index contributed by atoms with van der Waals surface area (Å²) in [4.78, 5) is 40.8. The number of Topliss-reactive ketones (excluding diaryl/α,β-unsaturated/α-hetero) is 1. The zero-order chi connectivity index (χ0) is 28.7. The number of nitrogens with zero attached hydrogens (tertiary/aromatic N) is 3. The molecule has 10 nitrogen and oxygen atoms in total. The van der Waals surface area contributed by atoms with Crippen molar-refractivity contribution in [1.82, 2.24) is 20.3 Å². The molecule has 0 amide bonds. The molecule has 6 rings (SSSR count). The number of oxazole rings is 1. The van der Waals surface area contributed by atoms with Crippen LogP contribution in [0.3, 0.4) is 0 Å². The van der Waals surface area contributed by atoms with Gasteiger partial charge in [-0.15, -0.1) is 11.3 Å². The molecule has 3 unspecified atom stereocenters. The molecule has 2 saturated heterocycles. The predicted octanol–water partition coefficient (Wildman–Crippen LogP) is 6.26. The van der Waals surface area contributed by atoms with Gasteiger partial charge >= 0.3 is 5.97 Å². The Hall–Kier alpha value is -3.06. The minimum atomic E-state index is -0.978. The Morgan fingerprint density at radius 1 is 1.24 bits per heavy atom. The van der Waals surface area contributed by atoms with Gasteiger partial charge in [-0.1, -0.05) is 35.3 Å². The van der Waals surface area contributed by atoms with Gasteiger partial charge in [-0.05, 0) is 57.0 Å². The predicted molar refractivity (Wildman–Crippen MR) is 156 cm³/mol. The van der Waals surface area contributed by atoms with Crippen LogP contribution in [0.2, 0.25) is 10.0 Å². The molecule has 0 spiro atoms. The average molecular weight is 617 g/mol. The van der Waals surface area contributed by atoms with E-state index in [1.165, 1.54) is 18.3 Å². The molecule has 41 heavy (non-hydrogen) atoms. The molecule has 0 radical (unpaired) electrons. The fourth-order valence-electron chi connectivity index (χ4n) is 5.39. The Labute approximate surface area is 249 Å². The Morgan fingerprint density at radius 3 is 2.85 bits per heavy atom. The highest BCUT2D eigenvalue weighted by molar-refractivity contribution is 7.11. The number of nitrogens with one attached hydrogen (secondary N) is 2. The minimum absolute atomic E-state index is 0.123. The number of carboxylic acids is 1. The second-order valence-corrected chi connectivity index (χ2v) is 12.0. The SMILES string of the molecule is CC(=O)C(ON1CCCC1c1ncc(C2CCN[C@@H]2C(=O)O)s1)c1cc(Cl)c(Nc2nc3ccccc3o2)cc1Cl. The van der Waals surface area contributed by atoms with Crippen molar-refractivity contribution in [3.8, 4) is 0 Å². The van der Waals surface area contributed by atoms with Crippen LogP contribution in [0.25, 0.3) is 11.1 Å². The first-order chi connectivity index (χ1) is 19.8. The first-order valence-corrected chi connectivity index (χ1v) is 14.8. The van der Waals surface area contributed by atoms with Crippen molar-refractivity contribution < 1.29 is 24.0 Å². The number of para-hydroxylation sites is 2. The van der Waals surface area contributed by atoms with Crippen LogP contribution in [0.15, 0.2) is 47.0 Å². The van der Waals surface area contributed by atoms with Crippen LogP contribution < -0.4 is 10.6 Å². The summed E-state index contributed by atoms with van der Waals surface area (Å²) in [5.41, 5.74) is 2.25. The summed E-state index contributed by atoms with van der Waals surface area (Å²) in [7, 11) is 0. The lowest BCUT2D eigenvalue weighted by atomic mass is 10.00. The van der Waals surface area contributed by atoms with Gasteiger partial charge in [0, 0.05) is 34.1 Å². The van der Waals surface area contributed by atoms with Gasteiger partial charge in [-0.25, -0.2) is 4.98 Å². The summed E-state index contributed by atoms with van der Waals surface area (Å²) in [6.07, 6.45) is 3.19. The topological polar surface area (TPSA) is 130 Å². The Bertz CT molecular complexity index is 1580. The molecule has 2 aliphatic heterocycles. The van der Waals surface area contributed by atoms with E-state index in [-0.39, 0.29) is 23.8 Å². The summed E-state index contributed by atoms with van der Waals surface area (Å²) in [5, 5.41) is 18.9. The largest absolute Gasteiger partial charge is 0.480 e. The third-order valence-corrected chi connectivity index (χ3v) is 9.27. The van der Waals surface area contributed by atoms with Crippen LogP contribution >= 0.6 is 34.5 Å². The van der Waals surface area contributed by atoms with E-state index in [0.29, 0.717) is 45.5 Å². The number of rotatable bonds is 9. The third kappa shape index (κ3) is 5.70. The number of ketones is 1. The van der Waals surface area contributed by atoms with Crippen molar-refractivity contribution in [3.05, 3.63) is 68.1 Å². The number of benzene rings is 2. The van der Waals surface area contributed by atoms with E-state index >= 15 is 0 Å². The third-order valence-electron chi connectivity index (χ3n) is 7.40. The van der Waals surface area contributed by atoms with Gasteiger partial charge in [0.15, 0.2) is 17.5 Å². The Morgan fingerprint density at radius 2 is 2.07 bits per heavy atom. The fourth-order valence-corrected chi connectivity index (χ4v) is 7.10. The van der Waals surface area contributed by atoms with E-state index in [4.69, 9.17) is 32.5 Å². The standard InChI is InChI=1S/C28H27Cl2N5O5S/c1-14(36)25(16-11-18(30)20(12-17(16)29)34-28-33-19-5-2-3-7-22(19)39-28)40-35-10-4-6-21(35)26-32-13-23(41-26)15-8-9-31-24(15)27(37)38/h2-3,5,7,11-13,15,21,24-25,31H,4,6,8-10H2,1H3,(H,33,34)(H,37,38)/t15?,21?,24-,25?/m0/s1. The van der Waals surface area contributed by atoms with Crippen molar-refractivity contribution >= 4 is 69.1 Å². The van der Waals surface area contributed by atoms with Crippen molar-refractivity contribution in [2.24, 2.45) is 0 Å². The molecule has 13 heteroatoms. The number of hydrogen-bond acceptors (Lipinski definition) is 10. The van der Waals surface area contributed by atoms with Gasteiger partial charge < -0.3 is 20.2 Å². The maximum absolute atomic E-state index is 12.8. The lowest BCUT2D eigenvalue weighted by Crippen LogP contribution is -2.34. The summed E-state index contributed by atoms with van der Waals surface area (Å²) >= 11 is 14.8. The van der Waals surface area contributed by atoms with Crippen molar-refractivity contribution in [2.45, 2.75) is 50.3 Å². The maximum Gasteiger partial charge on any atom is 0.321 e. The van der Waals surface area contributed by atoms with Gasteiger partial charge in [0.25, 0.3) is 6.01 Å². The van der Waals surface area contributed by atoms with Crippen LogP contribution in [0.4, 0.5) is 11.7 Å². The molecule has 214 valence electrons. The molecule has 2 aliphatic rings. The number of fused-ring (bicyclic) bond motifs is 1. The molecular weight excluding hydrogens is 589 g/mol. The summed E-state index contributed by atoms with van der Waals surface area (Å²) in [6, 6.07) is 10.1. The van der Waals surface area contributed by atoms with Gasteiger partial charge in [-0.3, -0.25) is 14.4 Å². The number of thiazole rings is 1. The van der Waals surface area contributed by atoms with Crippen LogP contribution in [0, 0.1) is 0 Å². The molecule has 2 aromatic carbocycles. The van der Waals surface area contributed by atoms with Crippen LogP contribution in [-0.4, -0.2) is 51.0 Å². The number of carbonyl (C=O) groups is 2. The monoisotopic (exact) mass is 615 g/mol. The van der Waals surface area contributed by atoms with Gasteiger partial charge in [0.2, 0.25) is 0 Å². The number of aliphatic carboxylic acids is 1. The molecule has 0 saturated carbocycles. The number of anilines is 2. The highest BCUT2D eigenvalue weighted by Gasteiger charge is 2.38. The summed E-state index contributed by atoms with van der Waals surface area (Å²) < 4.78 is 5.73. The first-order valence-electron chi connectivity index (χ1n) is 13.3. The highest BCUT2D eigenvalue weighted by Crippen LogP contribution is 2.42. The number of carboxylic acid groups (broad SMARTS) is 1.